The summed E-state index contributed by atoms with van der Waals surface area (Å²) in [7, 11) is -3.70. The van der Waals surface area contributed by atoms with Crippen LogP contribution in [0.1, 0.15) is 16.0 Å². The summed E-state index contributed by atoms with van der Waals surface area (Å²) >= 11 is 1.19. The van der Waals surface area contributed by atoms with Gasteiger partial charge >= 0.3 is 0 Å². The minimum Gasteiger partial charge on any atom is -0.506 e. The molecule has 0 bridgehead atoms. The summed E-state index contributed by atoms with van der Waals surface area (Å²) in [6.45, 7) is 1.85. The first-order valence-corrected chi connectivity index (χ1v) is 9.69. The van der Waals surface area contributed by atoms with Gasteiger partial charge in [0.25, 0.3) is 10.0 Å². The van der Waals surface area contributed by atoms with E-state index < -0.39 is 10.0 Å². The summed E-state index contributed by atoms with van der Waals surface area (Å²) in [6, 6.07) is 18.2. The molecule has 124 valence electrons. The van der Waals surface area contributed by atoms with Crippen LogP contribution in [0.2, 0.25) is 0 Å². The van der Waals surface area contributed by atoms with Crippen molar-refractivity contribution in [2.75, 3.05) is 4.72 Å². The average Bonchev–Trinajstić information content (AvgIpc) is 2.99. The van der Waals surface area contributed by atoms with Crippen LogP contribution in [-0.4, -0.2) is 13.5 Å². The molecule has 0 amide bonds. The third-order valence-corrected chi connectivity index (χ3v) is 6.39. The van der Waals surface area contributed by atoms with E-state index in [1.54, 1.807) is 24.3 Å². The number of anilines is 1. The number of nitrogens with one attached hydrogen (secondary N) is 1. The predicted molar refractivity (Wildman–Crippen MR) is 97.2 cm³/mol. The minimum absolute atomic E-state index is 0.0938. The molecule has 0 radical (unpaired) electrons. The summed E-state index contributed by atoms with van der Waals surface area (Å²) < 4.78 is 27.6. The zero-order valence-corrected chi connectivity index (χ0v) is 14.7. The molecule has 0 aliphatic heterocycles. The fourth-order valence-corrected chi connectivity index (χ4v) is 4.71. The smallest absolute Gasteiger partial charge is 0.271 e. The SMILES string of the molecule is Cc1ccc(S(=O)(=O)Nc2cc(Cc3ccccc3)ccc2O)s1. The fourth-order valence-electron chi connectivity index (χ4n) is 2.36. The van der Waals surface area contributed by atoms with Gasteiger partial charge in [-0.1, -0.05) is 36.4 Å². The number of hydrogen-bond acceptors (Lipinski definition) is 4. The first-order valence-electron chi connectivity index (χ1n) is 7.39. The lowest BCUT2D eigenvalue weighted by Crippen LogP contribution is -2.11. The molecule has 24 heavy (non-hydrogen) atoms. The van der Waals surface area contributed by atoms with Crippen molar-refractivity contribution in [1.29, 1.82) is 0 Å². The predicted octanol–water partition coefficient (Wildman–Crippen LogP) is 4.15. The molecule has 1 heterocycles. The molecule has 0 unspecified atom stereocenters. The van der Waals surface area contributed by atoms with E-state index >= 15 is 0 Å². The van der Waals surface area contributed by atoms with E-state index in [-0.39, 0.29) is 15.6 Å². The second-order valence-corrected chi connectivity index (χ2v) is 8.68. The number of sulfonamides is 1. The topological polar surface area (TPSA) is 66.4 Å². The molecule has 0 aliphatic carbocycles. The summed E-state index contributed by atoms with van der Waals surface area (Å²) in [5.41, 5.74) is 2.22. The number of aromatic hydroxyl groups is 1. The zero-order chi connectivity index (χ0) is 17.2. The number of phenols is 1. The van der Waals surface area contributed by atoms with Crippen LogP contribution in [0.25, 0.3) is 0 Å². The highest BCUT2D eigenvalue weighted by Gasteiger charge is 2.18. The molecule has 0 spiro atoms. The zero-order valence-electron chi connectivity index (χ0n) is 13.1. The minimum atomic E-state index is -3.70. The lowest BCUT2D eigenvalue weighted by atomic mass is 10.0. The van der Waals surface area contributed by atoms with E-state index in [0.29, 0.717) is 6.42 Å². The van der Waals surface area contributed by atoms with E-state index in [1.165, 1.54) is 17.4 Å². The van der Waals surface area contributed by atoms with Crippen molar-refractivity contribution in [3.05, 3.63) is 76.7 Å². The fraction of sp³-hybridized carbons (Fsp3) is 0.111. The Balaban J connectivity index is 1.87. The third-order valence-electron chi connectivity index (χ3n) is 3.54. The Morgan fingerprint density at radius 2 is 1.75 bits per heavy atom. The second-order valence-electron chi connectivity index (χ2n) is 5.48. The first kappa shape index (κ1) is 16.5. The normalized spacial score (nSPS) is 11.4. The lowest BCUT2D eigenvalue weighted by Gasteiger charge is -2.10. The van der Waals surface area contributed by atoms with Crippen LogP contribution in [0.15, 0.2) is 64.9 Å². The van der Waals surface area contributed by atoms with Gasteiger partial charge in [-0.2, -0.15) is 0 Å². The number of aryl methyl sites for hydroxylation is 1. The van der Waals surface area contributed by atoms with Crippen molar-refractivity contribution < 1.29 is 13.5 Å². The molecule has 3 aromatic rings. The molecule has 0 atom stereocenters. The second kappa shape index (κ2) is 6.67. The van der Waals surface area contributed by atoms with Gasteiger partial charge in [-0.15, -0.1) is 11.3 Å². The summed E-state index contributed by atoms with van der Waals surface area (Å²) in [5.74, 6) is -0.0938. The monoisotopic (exact) mass is 359 g/mol. The van der Waals surface area contributed by atoms with Gasteiger partial charge in [-0.3, -0.25) is 4.72 Å². The molecule has 6 heteroatoms. The van der Waals surface area contributed by atoms with Gasteiger partial charge < -0.3 is 5.11 Å². The van der Waals surface area contributed by atoms with Gasteiger partial charge in [-0.25, -0.2) is 8.42 Å². The van der Waals surface area contributed by atoms with E-state index in [2.05, 4.69) is 4.72 Å². The molecule has 2 N–H and O–H groups in total. The number of rotatable bonds is 5. The number of thiophene rings is 1. The van der Waals surface area contributed by atoms with Crippen LogP contribution in [0.5, 0.6) is 5.75 Å². The number of hydrogen-bond donors (Lipinski definition) is 2. The molecule has 0 fully saturated rings. The van der Waals surface area contributed by atoms with Gasteiger partial charge in [-0.05, 0) is 48.7 Å². The molecule has 4 nitrogen and oxygen atoms in total. The third kappa shape index (κ3) is 3.77. The maximum atomic E-state index is 12.4. The maximum Gasteiger partial charge on any atom is 0.271 e. The molecule has 3 rings (SSSR count). The number of phenolic OH excluding ortho intramolecular Hbond substituents is 1. The van der Waals surface area contributed by atoms with Crippen LogP contribution < -0.4 is 4.72 Å². The Morgan fingerprint density at radius 1 is 1.00 bits per heavy atom. The highest BCUT2D eigenvalue weighted by molar-refractivity contribution is 7.94. The highest BCUT2D eigenvalue weighted by Crippen LogP contribution is 2.29. The van der Waals surface area contributed by atoms with Gasteiger partial charge in [0.1, 0.15) is 9.96 Å². The average molecular weight is 359 g/mol. The van der Waals surface area contributed by atoms with Crippen LogP contribution in [0.3, 0.4) is 0 Å². The Labute approximate surface area is 145 Å². The van der Waals surface area contributed by atoms with Crippen LogP contribution in [0, 0.1) is 6.92 Å². The van der Waals surface area contributed by atoms with E-state index in [0.717, 1.165) is 16.0 Å². The Hall–Kier alpha value is -2.31. The molecule has 0 saturated heterocycles. The lowest BCUT2D eigenvalue weighted by molar-refractivity contribution is 0.477. The molecule has 0 saturated carbocycles. The van der Waals surface area contributed by atoms with Crippen molar-refractivity contribution >= 4 is 27.0 Å². The van der Waals surface area contributed by atoms with Crippen molar-refractivity contribution in [2.24, 2.45) is 0 Å². The van der Waals surface area contributed by atoms with Crippen LogP contribution in [-0.2, 0) is 16.4 Å². The summed E-state index contributed by atoms with van der Waals surface area (Å²) in [4.78, 5) is 0.914. The van der Waals surface area contributed by atoms with E-state index in [4.69, 9.17) is 0 Å². The van der Waals surface area contributed by atoms with E-state index in [9.17, 15) is 13.5 Å². The molecular weight excluding hydrogens is 342 g/mol. The van der Waals surface area contributed by atoms with Crippen molar-refractivity contribution in [1.82, 2.24) is 0 Å². The maximum absolute atomic E-state index is 12.4. The molecule has 1 aromatic heterocycles. The Bertz CT molecular complexity index is 947. The van der Waals surface area contributed by atoms with Gasteiger partial charge in [0.15, 0.2) is 0 Å². The summed E-state index contributed by atoms with van der Waals surface area (Å²) in [6.07, 6.45) is 0.661. The Morgan fingerprint density at radius 3 is 2.42 bits per heavy atom. The largest absolute Gasteiger partial charge is 0.506 e. The standard InChI is InChI=1S/C18H17NO3S2/c1-13-7-10-18(23-13)24(21,22)19-16-12-15(8-9-17(16)20)11-14-5-3-2-4-6-14/h2-10,12,19-20H,11H2,1H3. The van der Waals surface area contributed by atoms with Gasteiger partial charge in [0, 0.05) is 4.88 Å². The van der Waals surface area contributed by atoms with Crippen molar-refractivity contribution in [2.45, 2.75) is 17.6 Å². The van der Waals surface area contributed by atoms with Gasteiger partial charge in [0.05, 0.1) is 5.69 Å². The van der Waals surface area contributed by atoms with Crippen LogP contribution in [0.4, 0.5) is 5.69 Å². The molecule has 2 aromatic carbocycles. The highest BCUT2D eigenvalue weighted by atomic mass is 32.2. The quantitative estimate of drug-likeness (QED) is 0.673. The van der Waals surface area contributed by atoms with Crippen LogP contribution >= 0.6 is 11.3 Å². The molecule has 0 aliphatic rings. The Kier molecular flexibility index (Phi) is 4.59. The first-order chi connectivity index (χ1) is 11.4. The number of benzene rings is 2. The van der Waals surface area contributed by atoms with Gasteiger partial charge in [0.2, 0.25) is 0 Å². The van der Waals surface area contributed by atoms with E-state index in [1.807, 2.05) is 37.3 Å². The van der Waals surface area contributed by atoms with Crippen molar-refractivity contribution in [3.8, 4) is 5.75 Å². The summed E-state index contributed by atoms with van der Waals surface area (Å²) in [5, 5.41) is 9.99. The van der Waals surface area contributed by atoms with Crippen molar-refractivity contribution in [3.63, 3.8) is 0 Å². The molecular formula is C18H17NO3S2.